The third-order valence-electron chi connectivity index (χ3n) is 1.64. The van der Waals surface area contributed by atoms with Crippen LogP contribution in [0.4, 0.5) is 0 Å². The van der Waals surface area contributed by atoms with Crippen LogP contribution in [0.2, 0.25) is 5.32 Å². The molecule has 0 fully saturated rings. The molecule has 0 aliphatic rings. The van der Waals surface area contributed by atoms with Crippen molar-refractivity contribution in [2.45, 2.75) is 19.2 Å². The summed E-state index contributed by atoms with van der Waals surface area (Å²) in [6.45, 7) is 4.04. The Morgan fingerprint density at radius 3 is 2.67 bits per heavy atom. The SMILES string of the molecule is CC[Se]C(=O)c1ccccc1C. The first-order valence-corrected chi connectivity index (χ1v) is 6.05. The van der Waals surface area contributed by atoms with Crippen LogP contribution in [0.3, 0.4) is 0 Å². The second-order valence-electron chi connectivity index (χ2n) is 2.54. The van der Waals surface area contributed by atoms with Crippen molar-refractivity contribution in [1.82, 2.24) is 0 Å². The molecule has 0 N–H and O–H groups in total. The van der Waals surface area contributed by atoms with Gasteiger partial charge >= 0.3 is 79.0 Å². The molecule has 1 aromatic carbocycles. The van der Waals surface area contributed by atoms with Crippen molar-refractivity contribution in [3.63, 3.8) is 0 Å². The van der Waals surface area contributed by atoms with Crippen molar-refractivity contribution in [1.29, 1.82) is 0 Å². The van der Waals surface area contributed by atoms with Gasteiger partial charge in [0.05, 0.1) is 0 Å². The third kappa shape index (κ3) is 2.20. The molecule has 64 valence electrons. The van der Waals surface area contributed by atoms with Gasteiger partial charge in [0, 0.05) is 0 Å². The van der Waals surface area contributed by atoms with Crippen molar-refractivity contribution in [2.24, 2.45) is 0 Å². The molecule has 0 unspecified atom stereocenters. The second-order valence-corrected chi connectivity index (χ2v) is 5.13. The summed E-state index contributed by atoms with van der Waals surface area (Å²) >= 11 is 0.131. The van der Waals surface area contributed by atoms with Crippen LogP contribution in [0.15, 0.2) is 24.3 Å². The molecule has 1 rings (SSSR count). The van der Waals surface area contributed by atoms with E-state index in [9.17, 15) is 4.79 Å². The predicted octanol–water partition coefficient (Wildman–Crippen LogP) is 2.28. The van der Waals surface area contributed by atoms with Gasteiger partial charge in [0.1, 0.15) is 0 Å². The Balaban J connectivity index is 2.87. The van der Waals surface area contributed by atoms with Crippen LogP contribution in [0.1, 0.15) is 22.8 Å². The van der Waals surface area contributed by atoms with E-state index in [0.717, 1.165) is 16.4 Å². The van der Waals surface area contributed by atoms with E-state index in [2.05, 4.69) is 6.92 Å². The van der Waals surface area contributed by atoms with Crippen molar-refractivity contribution in [3.8, 4) is 0 Å². The van der Waals surface area contributed by atoms with E-state index in [0.29, 0.717) is 4.68 Å². The Kier molecular flexibility index (Phi) is 3.51. The third-order valence-corrected chi connectivity index (χ3v) is 3.26. The fourth-order valence-corrected chi connectivity index (χ4v) is 2.37. The Hall–Kier alpha value is -0.591. The van der Waals surface area contributed by atoms with Crippen LogP contribution in [-0.2, 0) is 0 Å². The summed E-state index contributed by atoms with van der Waals surface area (Å²) in [5.74, 6) is 0. The summed E-state index contributed by atoms with van der Waals surface area (Å²) in [7, 11) is 0. The topological polar surface area (TPSA) is 17.1 Å². The minimum atomic E-state index is 0.131. The molecule has 1 aromatic rings. The molecular formula is C10H12OSe. The number of carbonyl (C=O) groups excluding carboxylic acids is 1. The molecule has 0 spiro atoms. The fourth-order valence-electron chi connectivity index (χ4n) is 1.01. The molecule has 0 radical (unpaired) electrons. The van der Waals surface area contributed by atoms with E-state index in [1.165, 1.54) is 0 Å². The van der Waals surface area contributed by atoms with Crippen LogP contribution in [0.25, 0.3) is 0 Å². The molecular weight excluding hydrogens is 215 g/mol. The van der Waals surface area contributed by atoms with Gasteiger partial charge in [0.25, 0.3) is 0 Å². The molecule has 0 amide bonds. The van der Waals surface area contributed by atoms with Gasteiger partial charge in [-0.1, -0.05) is 0 Å². The van der Waals surface area contributed by atoms with Gasteiger partial charge in [-0.2, -0.15) is 0 Å². The average Bonchev–Trinajstić information content (AvgIpc) is 2.05. The van der Waals surface area contributed by atoms with E-state index in [1.54, 1.807) is 0 Å². The zero-order valence-electron chi connectivity index (χ0n) is 7.33. The van der Waals surface area contributed by atoms with Crippen molar-refractivity contribution in [2.75, 3.05) is 0 Å². The first-order valence-electron chi connectivity index (χ1n) is 3.98. The number of carbonyl (C=O) groups is 1. The van der Waals surface area contributed by atoms with Gasteiger partial charge in [0.2, 0.25) is 0 Å². The molecule has 0 aromatic heterocycles. The van der Waals surface area contributed by atoms with Crippen molar-refractivity contribution in [3.05, 3.63) is 35.4 Å². The van der Waals surface area contributed by atoms with Crippen LogP contribution in [-0.4, -0.2) is 19.6 Å². The molecule has 0 heterocycles. The van der Waals surface area contributed by atoms with E-state index in [1.807, 2.05) is 31.2 Å². The van der Waals surface area contributed by atoms with Crippen LogP contribution >= 0.6 is 0 Å². The zero-order valence-corrected chi connectivity index (χ0v) is 9.05. The molecule has 12 heavy (non-hydrogen) atoms. The van der Waals surface area contributed by atoms with E-state index < -0.39 is 0 Å². The first kappa shape index (κ1) is 9.50. The fraction of sp³-hybridized carbons (Fsp3) is 0.300. The molecule has 0 aliphatic carbocycles. The average molecular weight is 227 g/mol. The van der Waals surface area contributed by atoms with Gasteiger partial charge in [-0.25, -0.2) is 0 Å². The molecule has 0 saturated heterocycles. The number of rotatable bonds is 3. The minimum absolute atomic E-state index is 0.131. The van der Waals surface area contributed by atoms with Gasteiger partial charge in [-0.15, -0.1) is 0 Å². The molecule has 0 bridgehead atoms. The summed E-state index contributed by atoms with van der Waals surface area (Å²) in [5, 5.41) is 0.986. The number of benzene rings is 1. The van der Waals surface area contributed by atoms with Gasteiger partial charge in [-0.05, 0) is 0 Å². The molecule has 1 nitrogen and oxygen atoms in total. The zero-order chi connectivity index (χ0) is 8.97. The maximum atomic E-state index is 11.5. The van der Waals surface area contributed by atoms with E-state index >= 15 is 0 Å². The molecule has 0 saturated carbocycles. The summed E-state index contributed by atoms with van der Waals surface area (Å²) in [6.07, 6.45) is 0. The van der Waals surface area contributed by atoms with Crippen LogP contribution in [0, 0.1) is 6.92 Å². The van der Waals surface area contributed by atoms with Crippen LogP contribution < -0.4 is 0 Å². The quantitative estimate of drug-likeness (QED) is 0.724. The summed E-state index contributed by atoms with van der Waals surface area (Å²) in [5.41, 5.74) is 2.00. The number of aryl methyl sites for hydroxylation is 1. The van der Waals surface area contributed by atoms with Gasteiger partial charge in [0.15, 0.2) is 0 Å². The van der Waals surface area contributed by atoms with E-state index in [-0.39, 0.29) is 15.0 Å². The number of hydrogen-bond acceptors (Lipinski definition) is 1. The number of hydrogen-bond donors (Lipinski definition) is 0. The monoisotopic (exact) mass is 228 g/mol. The first-order chi connectivity index (χ1) is 5.75. The summed E-state index contributed by atoms with van der Waals surface area (Å²) in [4.78, 5) is 11.5. The second kappa shape index (κ2) is 4.44. The summed E-state index contributed by atoms with van der Waals surface area (Å²) < 4.78 is 0.322. The molecule has 2 heteroatoms. The maximum absolute atomic E-state index is 11.5. The van der Waals surface area contributed by atoms with Crippen molar-refractivity contribution < 1.29 is 4.79 Å². The Bertz CT molecular complexity index is 281. The molecule has 0 atom stereocenters. The van der Waals surface area contributed by atoms with Gasteiger partial charge < -0.3 is 0 Å². The van der Waals surface area contributed by atoms with E-state index in [4.69, 9.17) is 0 Å². The Morgan fingerprint density at radius 1 is 1.42 bits per heavy atom. The Morgan fingerprint density at radius 2 is 2.08 bits per heavy atom. The normalized spacial score (nSPS) is 9.83. The standard InChI is InChI=1S/C10H12OSe/c1-3-12-10(11)9-7-5-4-6-8(9)2/h4-7H,3H2,1-2H3. The predicted molar refractivity (Wildman–Crippen MR) is 51.7 cm³/mol. The molecule has 0 aliphatic heterocycles. The summed E-state index contributed by atoms with van der Waals surface area (Å²) in [6, 6.07) is 7.78. The van der Waals surface area contributed by atoms with Crippen molar-refractivity contribution >= 4 is 19.6 Å². The van der Waals surface area contributed by atoms with Crippen LogP contribution in [0.5, 0.6) is 0 Å². The Labute approximate surface area is 79.3 Å². The van der Waals surface area contributed by atoms with Gasteiger partial charge in [-0.3, -0.25) is 0 Å².